The van der Waals surface area contributed by atoms with Crippen LogP contribution in [0, 0.1) is 5.92 Å². The van der Waals surface area contributed by atoms with Gasteiger partial charge in [-0.1, -0.05) is 27.7 Å². The molecule has 3 rings (SSSR count). The van der Waals surface area contributed by atoms with Gasteiger partial charge in [0.1, 0.15) is 6.04 Å². The molecule has 0 bridgehead atoms. The van der Waals surface area contributed by atoms with Gasteiger partial charge in [-0.05, 0) is 49.7 Å². The molecular weight excluding hydrogens is 338 g/mol. The fourth-order valence-electron chi connectivity index (χ4n) is 3.68. The summed E-state index contributed by atoms with van der Waals surface area (Å²) in [6, 6.07) is 8.43. The second-order valence-electron chi connectivity index (χ2n) is 7.73. The molecule has 3 N–H and O–H groups in total. The minimum atomic E-state index is -0.188. The Hall–Kier alpha value is -1.89. The molecule has 6 nitrogen and oxygen atoms in total. The standard InChI is InChI=1S/C21H33N5O/c1-5-25(6-2)11-12-26-10-9-16-13-17(7-8-20(16)26)22-21(27)19-14-18(15(3)4)23-24-19/h7-10,13,15,18-19,23-24H,5-6,11-12,14H2,1-4H3,(H,22,27). The highest BCUT2D eigenvalue weighted by Gasteiger charge is 2.30. The first-order valence-corrected chi connectivity index (χ1v) is 10.1. The van der Waals surface area contributed by atoms with Crippen LogP contribution in [0.1, 0.15) is 34.1 Å². The van der Waals surface area contributed by atoms with Gasteiger partial charge in [-0.2, -0.15) is 0 Å². The summed E-state index contributed by atoms with van der Waals surface area (Å²) in [5.74, 6) is 0.522. The van der Waals surface area contributed by atoms with Crippen molar-refractivity contribution in [2.75, 3.05) is 25.0 Å². The number of likely N-dealkylation sites (N-methyl/N-ethyl adjacent to an activating group) is 1. The molecule has 1 aromatic carbocycles. The number of anilines is 1. The highest BCUT2D eigenvalue weighted by atomic mass is 16.2. The smallest absolute Gasteiger partial charge is 0.242 e. The number of nitrogens with one attached hydrogen (secondary N) is 3. The molecule has 0 radical (unpaired) electrons. The van der Waals surface area contributed by atoms with E-state index in [9.17, 15) is 4.79 Å². The van der Waals surface area contributed by atoms with Crippen LogP contribution in [0.3, 0.4) is 0 Å². The van der Waals surface area contributed by atoms with Crippen LogP contribution in [0.5, 0.6) is 0 Å². The third kappa shape index (κ3) is 4.69. The molecule has 2 atom stereocenters. The highest BCUT2D eigenvalue weighted by Crippen LogP contribution is 2.22. The number of hydrogen-bond donors (Lipinski definition) is 3. The second kappa shape index (κ2) is 8.87. The Morgan fingerprint density at radius 1 is 1.26 bits per heavy atom. The number of hydrazine groups is 1. The average molecular weight is 372 g/mol. The molecule has 1 aliphatic heterocycles. The van der Waals surface area contributed by atoms with Crippen molar-refractivity contribution in [1.29, 1.82) is 0 Å². The number of carbonyl (C=O) groups is 1. The minimum absolute atomic E-state index is 0.0194. The lowest BCUT2D eigenvalue weighted by Crippen LogP contribution is -2.40. The van der Waals surface area contributed by atoms with Crippen LogP contribution in [-0.2, 0) is 11.3 Å². The molecular formula is C21H33N5O. The van der Waals surface area contributed by atoms with E-state index in [1.165, 1.54) is 5.52 Å². The normalized spacial score (nSPS) is 20.1. The topological polar surface area (TPSA) is 61.3 Å². The fraction of sp³-hybridized carbons (Fsp3) is 0.571. The van der Waals surface area contributed by atoms with Gasteiger partial charge in [-0.25, -0.2) is 5.43 Å². The van der Waals surface area contributed by atoms with E-state index >= 15 is 0 Å². The van der Waals surface area contributed by atoms with Crippen LogP contribution in [-0.4, -0.2) is 47.1 Å². The van der Waals surface area contributed by atoms with Gasteiger partial charge in [0, 0.05) is 41.9 Å². The van der Waals surface area contributed by atoms with Gasteiger partial charge >= 0.3 is 0 Å². The van der Waals surface area contributed by atoms with Crippen LogP contribution in [0.15, 0.2) is 30.5 Å². The van der Waals surface area contributed by atoms with Gasteiger partial charge in [0.15, 0.2) is 0 Å². The molecule has 0 aliphatic carbocycles. The molecule has 0 spiro atoms. The van der Waals surface area contributed by atoms with Crippen LogP contribution in [0.2, 0.25) is 0 Å². The second-order valence-corrected chi connectivity index (χ2v) is 7.73. The molecule has 1 fully saturated rings. The Bertz CT molecular complexity index is 765. The summed E-state index contributed by atoms with van der Waals surface area (Å²) in [5, 5.41) is 4.21. The fourth-order valence-corrected chi connectivity index (χ4v) is 3.68. The van der Waals surface area contributed by atoms with Crippen LogP contribution in [0.25, 0.3) is 10.9 Å². The zero-order valence-corrected chi connectivity index (χ0v) is 17.0. The zero-order chi connectivity index (χ0) is 19.4. The first-order valence-electron chi connectivity index (χ1n) is 10.1. The molecule has 1 aromatic heterocycles. The minimum Gasteiger partial charge on any atom is -0.346 e. The average Bonchev–Trinajstić information content (AvgIpc) is 3.30. The van der Waals surface area contributed by atoms with Crippen molar-refractivity contribution < 1.29 is 4.79 Å². The van der Waals surface area contributed by atoms with Gasteiger partial charge in [0.05, 0.1) is 0 Å². The Morgan fingerprint density at radius 2 is 2.04 bits per heavy atom. The number of rotatable bonds is 8. The summed E-state index contributed by atoms with van der Waals surface area (Å²) >= 11 is 0. The number of carbonyl (C=O) groups excluding carboxylic acids is 1. The molecule has 2 heterocycles. The molecule has 148 valence electrons. The van der Waals surface area contributed by atoms with Crippen molar-refractivity contribution in [1.82, 2.24) is 20.3 Å². The molecule has 0 saturated carbocycles. The predicted molar refractivity (Wildman–Crippen MR) is 112 cm³/mol. The van der Waals surface area contributed by atoms with E-state index in [2.05, 4.69) is 77.7 Å². The van der Waals surface area contributed by atoms with Crippen LogP contribution < -0.4 is 16.2 Å². The Morgan fingerprint density at radius 3 is 2.70 bits per heavy atom. The summed E-state index contributed by atoms with van der Waals surface area (Å²) in [7, 11) is 0. The Kier molecular flexibility index (Phi) is 6.52. The lowest BCUT2D eigenvalue weighted by molar-refractivity contribution is -0.117. The zero-order valence-electron chi connectivity index (χ0n) is 17.0. The summed E-state index contributed by atoms with van der Waals surface area (Å²) < 4.78 is 2.29. The van der Waals surface area contributed by atoms with E-state index < -0.39 is 0 Å². The van der Waals surface area contributed by atoms with Crippen LogP contribution >= 0.6 is 0 Å². The molecule has 2 unspecified atom stereocenters. The van der Waals surface area contributed by atoms with Crippen molar-refractivity contribution in [2.24, 2.45) is 5.92 Å². The van der Waals surface area contributed by atoms with Crippen molar-refractivity contribution in [3.63, 3.8) is 0 Å². The monoisotopic (exact) mass is 371 g/mol. The maximum Gasteiger partial charge on any atom is 0.242 e. The van der Waals surface area contributed by atoms with Gasteiger partial charge in [-0.3, -0.25) is 10.2 Å². The van der Waals surface area contributed by atoms with Gasteiger partial charge < -0.3 is 14.8 Å². The predicted octanol–water partition coefficient (Wildman–Crippen LogP) is 2.81. The number of nitrogens with zero attached hydrogens (tertiary/aromatic N) is 2. The molecule has 1 aliphatic rings. The number of benzene rings is 1. The molecule has 6 heteroatoms. The number of aromatic nitrogens is 1. The molecule has 27 heavy (non-hydrogen) atoms. The van der Waals surface area contributed by atoms with E-state index in [-0.39, 0.29) is 11.9 Å². The Balaban J connectivity index is 1.63. The van der Waals surface area contributed by atoms with Gasteiger partial charge in [0.2, 0.25) is 5.91 Å². The van der Waals surface area contributed by atoms with E-state index in [0.29, 0.717) is 12.0 Å². The SMILES string of the molecule is CCN(CC)CCn1ccc2cc(NC(=O)C3CC(C(C)C)NN3)ccc21. The summed E-state index contributed by atoms with van der Waals surface area (Å²) in [6.07, 6.45) is 2.95. The maximum absolute atomic E-state index is 12.5. The summed E-state index contributed by atoms with van der Waals surface area (Å²) in [5.41, 5.74) is 8.40. The van der Waals surface area contributed by atoms with Crippen LogP contribution in [0.4, 0.5) is 5.69 Å². The quantitative estimate of drug-likeness (QED) is 0.668. The van der Waals surface area contributed by atoms with Crippen molar-refractivity contribution >= 4 is 22.5 Å². The molecule has 1 amide bonds. The third-order valence-corrected chi connectivity index (χ3v) is 5.64. The lowest BCUT2D eigenvalue weighted by Gasteiger charge is -2.18. The van der Waals surface area contributed by atoms with Crippen molar-refractivity contribution in [3.8, 4) is 0 Å². The van der Waals surface area contributed by atoms with Gasteiger partial charge in [0.25, 0.3) is 0 Å². The third-order valence-electron chi connectivity index (χ3n) is 5.64. The largest absolute Gasteiger partial charge is 0.346 e. The molecule has 2 aromatic rings. The first-order chi connectivity index (χ1) is 13.0. The van der Waals surface area contributed by atoms with E-state index in [4.69, 9.17) is 0 Å². The number of hydrogen-bond acceptors (Lipinski definition) is 4. The molecule has 1 saturated heterocycles. The van der Waals surface area contributed by atoms with Crippen molar-refractivity contribution in [3.05, 3.63) is 30.5 Å². The van der Waals surface area contributed by atoms with E-state index in [1.807, 2.05) is 6.07 Å². The highest BCUT2D eigenvalue weighted by molar-refractivity contribution is 5.97. The first kappa shape index (κ1) is 19.9. The number of amides is 1. The summed E-state index contributed by atoms with van der Waals surface area (Å²) in [6.45, 7) is 12.9. The van der Waals surface area contributed by atoms with Gasteiger partial charge in [-0.15, -0.1) is 0 Å². The van der Waals surface area contributed by atoms with Crippen molar-refractivity contribution in [2.45, 2.75) is 52.7 Å². The van der Waals surface area contributed by atoms with E-state index in [0.717, 1.165) is 43.7 Å². The van der Waals surface area contributed by atoms with E-state index in [1.54, 1.807) is 0 Å². The Labute approximate surface area is 162 Å². The number of fused-ring (bicyclic) bond motifs is 1. The lowest BCUT2D eigenvalue weighted by atomic mass is 9.99. The summed E-state index contributed by atoms with van der Waals surface area (Å²) in [4.78, 5) is 15.0. The maximum atomic E-state index is 12.5.